The van der Waals surface area contributed by atoms with Crippen LogP contribution in [-0.2, 0) is 4.79 Å². The van der Waals surface area contributed by atoms with Crippen molar-refractivity contribution in [3.63, 3.8) is 0 Å². The van der Waals surface area contributed by atoms with Crippen LogP contribution in [0.2, 0.25) is 0 Å². The smallest absolute Gasteiger partial charge is 0.286 e. The lowest BCUT2D eigenvalue weighted by molar-refractivity contribution is -0.122. The van der Waals surface area contributed by atoms with Crippen molar-refractivity contribution in [2.24, 2.45) is 0 Å². The van der Waals surface area contributed by atoms with Crippen molar-refractivity contribution in [2.45, 2.75) is 44.2 Å². The number of furan rings is 1. The molecule has 2 atom stereocenters. The van der Waals surface area contributed by atoms with Crippen LogP contribution in [0.5, 0.6) is 0 Å². The van der Waals surface area contributed by atoms with Crippen molar-refractivity contribution in [3.05, 3.63) is 24.2 Å². The second-order valence-electron chi connectivity index (χ2n) is 5.01. The number of carbonyl (C=O) groups is 2. The van der Waals surface area contributed by atoms with Crippen LogP contribution in [-0.4, -0.2) is 35.6 Å². The highest BCUT2D eigenvalue weighted by Crippen LogP contribution is 2.18. The van der Waals surface area contributed by atoms with Crippen molar-refractivity contribution in [3.8, 4) is 0 Å². The summed E-state index contributed by atoms with van der Waals surface area (Å²) in [5, 5.41) is 15.2. The molecular weight excluding hydrogens is 260 g/mol. The molecule has 1 saturated carbocycles. The predicted octanol–water partition coefficient (Wildman–Crippen LogP) is 0.819. The molecule has 110 valence electrons. The van der Waals surface area contributed by atoms with Gasteiger partial charge in [0.15, 0.2) is 5.76 Å². The van der Waals surface area contributed by atoms with E-state index >= 15 is 0 Å². The van der Waals surface area contributed by atoms with Gasteiger partial charge >= 0.3 is 0 Å². The van der Waals surface area contributed by atoms with Crippen molar-refractivity contribution in [1.82, 2.24) is 10.6 Å². The van der Waals surface area contributed by atoms with Crippen LogP contribution in [0, 0.1) is 0 Å². The van der Waals surface area contributed by atoms with E-state index in [2.05, 4.69) is 10.6 Å². The lowest BCUT2D eigenvalue weighted by atomic mass is 9.92. The van der Waals surface area contributed by atoms with E-state index in [1.54, 1.807) is 12.1 Å². The average Bonchev–Trinajstić information content (AvgIpc) is 2.95. The minimum atomic E-state index is -0.453. The molecule has 0 unspecified atom stereocenters. The normalized spacial score (nSPS) is 22.2. The number of nitrogens with one attached hydrogen (secondary N) is 2. The zero-order valence-electron chi connectivity index (χ0n) is 11.3. The van der Waals surface area contributed by atoms with E-state index in [-0.39, 0.29) is 36.6 Å². The van der Waals surface area contributed by atoms with Gasteiger partial charge in [0.2, 0.25) is 5.91 Å². The maximum atomic E-state index is 11.7. The third kappa shape index (κ3) is 4.09. The molecule has 0 spiro atoms. The largest absolute Gasteiger partial charge is 0.459 e. The van der Waals surface area contributed by atoms with Crippen LogP contribution in [0.1, 0.15) is 42.7 Å². The van der Waals surface area contributed by atoms with Crippen molar-refractivity contribution >= 4 is 11.8 Å². The van der Waals surface area contributed by atoms with E-state index in [9.17, 15) is 14.7 Å². The van der Waals surface area contributed by atoms with Gasteiger partial charge in [-0.05, 0) is 25.0 Å². The molecule has 1 aromatic rings. The van der Waals surface area contributed by atoms with E-state index in [0.717, 1.165) is 25.7 Å². The molecule has 1 aromatic heterocycles. The molecule has 2 rings (SSSR count). The molecule has 6 heteroatoms. The van der Waals surface area contributed by atoms with E-state index in [1.165, 1.54) is 6.26 Å². The Hall–Kier alpha value is -1.82. The van der Waals surface area contributed by atoms with Crippen LogP contribution in [0.15, 0.2) is 22.8 Å². The first-order valence-corrected chi connectivity index (χ1v) is 6.96. The molecule has 3 N–H and O–H groups in total. The van der Waals surface area contributed by atoms with Crippen molar-refractivity contribution in [1.29, 1.82) is 0 Å². The van der Waals surface area contributed by atoms with E-state index < -0.39 is 6.10 Å². The van der Waals surface area contributed by atoms with Gasteiger partial charge in [0.05, 0.1) is 18.4 Å². The number of rotatable bonds is 5. The molecule has 0 aromatic carbocycles. The third-order valence-corrected chi connectivity index (χ3v) is 3.46. The number of hydrogen-bond acceptors (Lipinski definition) is 4. The fourth-order valence-electron chi connectivity index (χ4n) is 2.34. The fraction of sp³-hybridized carbons (Fsp3) is 0.571. The van der Waals surface area contributed by atoms with Crippen LogP contribution in [0.3, 0.4) is 0 Å². The highest BCUT2D eigenvalue weighted by atomic mass is 16.3. The lowest BCUT2D eigenvalue weighted by Gasteiger charge is -2.28. The summed E-state index contributed by atoms with van der Waals surface area (Å²) >= 11 is 0. The molecule has 20 heavy (non-hydrogen) atoms. The highest BCUT2D eigenvalue weighted by Gasteiger charge is 2.24. The summed E-state index contributed by atoms with van der Waals surface area (Å²) in [7, 11) is 0. The number of aliphatic hydroxyl groups is 1. The molecule has 2 amide bonds. The zero-order chi connectivity index (χ0) is 14.4. The molecule has 1 fully saturated rings. The summed E-state index contributed by atoms with van der Waals surface area (Å²) in [6.07, 6.45) is 4.74. The summed E-state index contributed by atoms with van der Waals surface area (Å²) in [6.45, 7) is 0.244. The summed E-state index contributed by atoms with van der Waals surface area (Å²) < 4.78 is 4.94. The Labute approximate surface area is 117 Å². The second-order valence-corrected chi connectivity index (χ2v) is 5.01. The Morgan fingerprint density at radius 1 is 1.35 bits per heavy atom. The summed E-state index contributed by atoms with van der Waals surface area (Å²) in [5.41, 5.74) is 0. The van der Waals surface area contributed by atoms with Gasteiger partial charge in [0.1, 0.15) is 0 Å². The van der Waals surface area contributed by atoms with E-state index in [4.69, 9.17) is 4.42 Å². The number of hydrogen-bond donors (Lipinski definition) is 3. The Kier molecular flexibility index (Phi) is 5.17. The summed E-state index contributed by atoms with van der Waals surface area (Å²) in [4.78, 5) is 23.3. The Bertz CT molecular complexity index is 444. The maximum Gasteiger partial charge on any atom is 0.286 e. The van der Waals surface area contributed by atoms with Gasteiger partial charge in [-0.3, -0.25) is 9.59 Å². The van der Waals surface area contributed by atoms with Crippen molar-refractivity contribution in [2.75, 3.05) is 6.54 Å². The molecule has 1 aliphatic carbocycles. The van der Waals surface area contributed by atoms with Gasteiger partial charge in [-0.15, -0.1) is 0 Å². The molecule has 6 nitrogen and oxygen atoms in total. The average molecular weight is 280 g/mol. The zero-order valence-corrected chi connectivity index (χ0v) is 11.3. The van der Waals surface area contributed by atoms with E-state index in [1.807, 2.05) is 0 Å². The summed E-state index contributed by atoms with van der Waals surface area (Å²) in [6, 6.07) is 3.04. The molecule has 0 bridgehead atoms. The molecule has 1 aliphatic rings. The quantitative estimate of drug-likeness (QED) is 0.744. The van der Waals surface area contributed by atoms with Gasteiger partial charge in [0.25, 0.3) is 5.91 Å². The minimum Gasteiger partial charge on any atom is -0.459 e. The molecular formula is C14H20N2O4. The molecule has 0 radical (unpaired) electrons. The number of amides is 2. The predicted molar refractivity (Wildman–Crippen MR) is 72.1 cm³/mol. The lowest BCUT2D eigenvalue weighted by Crippen LogP contribution is -2.45. The first-order valence-electron chi connectivity index (χ1n) is 6.96. The van der Waals surface area contributed by atoms with Gasteiger partial charge in [-0.2, -0.15) is 0 Å². The van der Waals surface area contributed by atoms with Gasteiger partial charge in [-0.25, -0.2) is 0 Å². The Balaban J connectivity index is 1.66. The third-order valence-electron chi connectivity index (χ3n) is 3.46. The maximum absolute atomic E-state index is 11.7. The topological polar surface area (TPSA) is 91.6 Å². The van der Waals surface area contributed by atoms with Crippen LogP contribution in [0.4, 0.5) is 0 Å². The SMILES string of the molecule is O=C(CCNC(=O)c1ccco1)N[C@H]1CCCC[C@@H]1O. The standard InChI is InChI=1S/C14H20N2O4/c17-11-5-2-1-4-10(11)16-13(18)7-8-15-14(19)12-6-3-9-20-12/h3,6,9-11,17H,1-2,4-5,7-8H2,(H,15,19)(H,16,18)/t10-,11-/m0/s1. The molecule has 0 saturated heterocycles. The van der Waals surface area contributed by atoms with Gasteiger partial charge < -0.3 is 20.2 Å². The van der Waals surface area contributed by atoms with Crippen LogP contribution < -0.4 is 10.6 Å². The second kappa shape index (κ2) is 7.09. The van der Waals surface area contributed by atoms with Gasteiger partial charge in [0, 0.05) is 13.0 Å². The number of aliphatic hydroxyl groups excluding tert-OH is 1. The van der Waals surface area contributed by atoms with Crippen LogP contribution in [0.25, 0.3) is 0 Å². The van der Waals surface area contributed by atoms with Gasteiger partial charge in [-0.1, -0.05) is 12.8 Å². The highest BCUT2D eigenvalue weighted by molar-refractivity contribution is 5.91. The van der Waals surface area contributed by atoms with Crippen molar-refractivity contribution < 1.29 is 19.1 Å². The van der Waals surface area contributed by atoms with E-state index in [0.29, 0.717) is 0 Å². The minimum absolute atomic E-state index is 0.156. The molecule has 1 heterocycles. The monoisotopic (exact) mass is 280 g/mol. The summed E-state index contributed by atoms with van der Waals surface area (Å²) in [5.74, 6) is -0.260. The number of carbonyl (C=O) groups excluding carboxylic acids is 2. The Morgan fingerprint density at radius 3 is 2.85 bits per heavy atom. The van der Waals surface area contributed by atoms with Crippen LogP contribution >= 0.6 is 0 Å². The first kappa shape index (κ1) is 14.6. The first-order chi connectivity index (χ1) is 9.66. The fourth-order valence-corrected chi connectivity index (χ4v) is 2.34. The Morgan fingerprint density at radius 2 is 2.15 bits per heavy atom. The molecule has 0 aliphatic heterocycles.